The van der Waals surface area contributed by atoms with Gasteiger partial charge in [0.1, 0.15) is 0 Å². The first-order valence-electron chi connectivity index (χ1n) is 4.58. The van der Waals surface area contributed by atoms with E-state index in [1.807, 2.05) is 6.92 Å². The van der Waals surface area contributed by atoms with Gasteiger partial charge in [-0.2, -0.15) is 0 Å². The van der Waals surface area contributed by atoms with E-state index >= 15 is 0 Å². The van der Waals surface area contributed by atoms with Crippen molar-refractivity contribution < 1.29 is 9.53 Å². The zero-order chi connectivity index (χ0) is 11.0. The van der Waals surface area contributed by atoms with Crippen LogP contribution in [-0.2, 0) is 4.79 Å². The van der Waals surface area contributed by atoms with Gasteiger partial charge in [-0.3, -0.25) is 4.79 Å². The Morgan fingerprint density at radius 3 is 3.00 bits per heavy atom. The molecule has 2 rings (SSSR count). The summed E-state index contributed by atoms with van der Waals surface area (Å²) in [5.74, 6) is 0.422. The number of anilines is 1. The van der Waals surface area contributed by atoms with Crippen LogP contribution in [0.2, 0.25) is 5.02 Å². The van der Waals surface area contributed by atoms with Crippen molar-refractivity contribution in [2.24, 2.45) is 0 Å². The van der Waals surface area contributed by atoms with Crippen molar-refractivity contribution in [3.05, 3.63) is 21.6 Å². The second-order valence-electron chi connectivity index (χ2n) is 3.27. The second kappa shape index (κ2) is 4.02. The van der Waals surface area contributed by atoms with Crippen LogP contribution in [0.1, 0.15) is 13.3 Å². The highest BCUT2D eigenvalue weighted by molar-refractivity contribution is 9.10. The average Bonchev–Trinajstić information content (AvgIpc) is 2.16. The average molecular weight is 291 g/mol. The van der Waals surface area contributed by atoms with Gasteiger partial charge in [0.15, 0.2) is 11.9 Å². The Bertz CT molecular complexity index is 422. The van der Waals surface area contributed by atoms with Crippen molar-refractivity contribution in [2.75, 3.05) is 5.32 Å². The van der Waals surface area contributed by atoms with Gasteiger partial charge in [-0.05, 0) is 18.6 Å². The number of nitrogens with one attached hydrogen (secondary N) is 1. The molecular formula is C10H9BrClNO2. The Hall–Kier alpha value is -0.740. The first kappa shape index (κ1) is 10.8. The molecular weight excluding hydrogens is 281 g/mol. The molecule has 5 heteroatoms. The fourth-order valence-corrected chi connectivity index (χ4v) is 2.30. The number of hydrogen-bond donors (Lipinski definition) is 1. The highest BCUT2D eigenvalue weighted by Gasteiger charge is 2.27. The molecule has 1 amide bonds. The number of rotatable bonds is 1. The second-order valence-corrected chi connectivity index (χ2v) is 4.59. The lowest BCUT2D eigenvalue weighted by molar-refractivity contribution is -0.123. The standard InChI is InChI=1S/C10H9BrClNO2/c1-2-8-10(14)13-7-4-5(11)3-6(12)9(7)15-8/h3-4,8H,2H2,1H3,(H,13,14). The predicted molar refractivity (Wildman–Crippen MR) is 62.5 cm³/mol. The number of benzene rings is 1. The Labute approximate surface area is 101 Å². The number of ether oxygens (including phenoxy) is 1. The minimum absolute atomic E-state index is 0.126. The number of fused-ring (bicyclic) bond motifs is 1. The SMILES string of the molecule is CCC1Oc2c(Cl)cc(Br)cc2NC1=O. The molecule has 1 aromatic carbocycles. The summed E-state index contributed by atoms with van der Waals surface area (Å²) in [7, 11) is 0. The van der Waals surface area contributed by atoms with Gasteiger partial charge < -0.3 is 10.1 Å². The van der Waals surface area contributed by atoms with E-state index in [0.717, 1.165) is 4.47 Å². The van der Waals surface area contributed by atoms with Gasteiger partial charge in [0.25, 0.3) is 5.91 Å². The number of halogens is 2. The van der Waals surface area contributed by atoms with Crippen LogP contribution in [-0.4, -0.2) is 12.0 Å². The van der Waals surface area contributed by atoms with E-state index in [4.69, 9.17) is 16.3 Å². The Kier molecular flexibility index (Phi) is 2.89. The van der Waals surface area contributed by atoms with Crippen molar-refractivity contribution in [2.45, 2.75) is 19.4 Å². The van der Waals surface area contributed by atoms with E-state index in [-0.39, 0.29) is 5.91 Å². The number of amides is 1. The van der Waals surface area contributed by atoms with Crippen LogP contribution >= 0.6 is 27.5 Å². The highest BCUT2D eigenvalue weighted by Crippen LogP contribution is 2.39. The molecule has 1 heterocycles. The first-order valence-corrected chi connectivity index (χ1v) is 5.75. The number of hydrogen-bond acceptors (Lipinski definition) is 2. The van der Waals surface area contributed by atoms with Gasteiger partial charge in [-0.1, -0.05) is 34.5 Å². The van der Waals surface area contributed by atoms with Crippen molar-refractivity contribution in [3.63, 3.8) is 0 Å². The zero-order valence-electron chi connectivity index (χ0n) is 8.01. The van der Waals surface area contributed by atoms with Gasteiger partial charge in [0.2, 0.25) is 0 Å². The van der Waals surface area contributed by atoms with Gasteiger partial charge in [-0.25, -0.2) is 0 Å². The molecule has 0 aliphatic carbocycles. The summed E-state index contributed by atoms with van der Waals surface area (Å²) in [5, 5.41) is 3.26. The Morgan fingerprint density at radius 1 is 1.60 bits per heavy atom. The normalized spacial score (nSPS) is 19.1. The molecule has 3 nitrogen and oxygen atoms in total. The van der Waals surface area contributed by atoms with Gasteiger partial charge >= 0.3 is 0 Å². The maximum absolute atomic E-state index is 11.5. The summed E-state index contributed by atoms with van der Waals surface area (Å²) < 4.78 is 6.32. The van der Waals surface area contributed by atoms with E-state index < -0.39 is 6.10 Å². The highest BCUT2D eigenvalue weighted by atomic mass is 79.9. The van der Waals surface area contributed by atoms with Crippen molar-refractivity contribution in [1.82, 2.24) is 0 Å². The maximum atomic E-state index is 11.5. The molecule has 0 saturated carbocycles. The van der Waals surface area contributed by atoms with Crippen LogP contribution in [0.25, 0.3) is 0 Å². The molecule has 0 aromatic heterocycles. The smallest absolute Gasteiger partial charge is 0.265 e. The quantitative estimate of drug-likeness (QED) is 0.862. The summed E-state index contributed by atoms with van der Waals surface area (Å²) in [4.78, 5) is 11.5. The lowest BCUT2D eigenvalue weighted by Crippen LogP contribution is -2.36. The predicted octanol–water partition coefficient (Wildman–Crippen LogP) is 3.21. The molecule has 0 bridgehead atoms. The minimum Gasteiger partial charge on any atom is -0.477 e. The Balaban J connectivity index is 2.45. The first-order chi connectivity index (χ1) is 7.11. The van der Waals surface area contributed by atoms with Crippen LogP contribution in [0.3, 0.4) is 0 Å². The largest absolute Gasteiger partial charge is 0.477 e. The molecule has 1 atom stereocenters. The van der Waals surface area contributed by atoms with Gasteiger partial charge in [0.05, 0.1) is 10.7 Å². The summed E-state index contributed by atoms with van der Waals surface area (Å²) in [5.41, 5.74) is 0.615. The molecule has 1 aliphatic rings. The van der Waals surface area contributed by atoms with Crippen LogP contribution in [0.4, 0.5) is 5.69 Å². The molecule has 0 saturated heterocycles. The van der Waals surface area contributed by atoms with E-state index in [9.17, 15) is 4.79 Å². The van der Waals surface area contributed by atoms with Gasteiger partial charge in [-0.15, -0.1) is 0 Å². The molecule has 15 heavy (non-hydrogen) atoms. The molecule has 1 aliphatic heterocycles. The van der Waals surface area contributed by atoms with Crippen LogP contribution in [0.15, 0.2) is 16.6 Å². The molecule has 0 spiro atoms. The van der Waals surface area contributed by atoms with Crippen molar-refractivity contribution in [3.8, 4) is 5.75 Å². The fourth-order valence-electron chi connectivity index (χ4n) is 1.45. The van der Waals surface area contributed by atoms with Crippen LogP contribution < -0.4 is 10.1 Å². The molecule has 0 radical (unpaired) electrons. The summed E-state index contributed by atoms with van der Waals surface area (Å²) in [6.45, 7) is 1.89. The van der Waals surface area contributed by atoms with Crippen LogP contribution in [0, 0.1) is 0 Å². The van der Waals surface area contributed by atoms with Crippen LogP contribution in [0.5, 0.6) is 5.75 Å². The third-order valence-electron chi connectivity index (χ3n) is 2.19. The van der Waals surface area contributed by atoms with E-state index in [1.54, 1.807) is 12.1 Å². The molecule has 1 aromatic rings. The van der Waals surface area contributed by atoms with E-state index in [1.165, 1.54) is 0 Å². The third kappa shape index (κ3) is 1.96. The Morgan fingerprint density at radius 2 is 2.33 bits per heavy atom. The lowest BCUT2D eigenvalue weighted by Gasteiger charge is -2.25. The molecule has 1 N–H and O–H groups in total. The number of carbonyl (C=O) groups excluding carboxylic acids is 1. The minimum atomic E-state index is -0.448. The molecule has 0 fully saturated rings. The lowest BCUT2D eigenvalue weighted by atomic mass is 10.2. The van der Waals surface area contributed by atoms with E-state index in [2.05, 4.69) is 21.2 Å². The summed E-state index contributed by atoms with van der Waals surface area (Å²) in [6, 6.07) is 3.51. The topological polar surface area (TPSA) is 38.3 Å². The molecule has 1 unspecified atom stereocenters. The zero-order valence-corrected chi connectivity index (χ0v) is 10.4. The summed E-state index contributed by atoms with van der Waals surface area (Å²) >= 11 is 9.31. The third-order valence-corrected chi connectivity index (χ3v) is 2.93. The van der Waals surface area contributed by atoms with E-state index in [0.29, 0.717) is 22.9 Å². The monoisotopic (exact) mass is 289 g/mol. The fraction of sp³-hybridized carbons (Fsp3) is 0.300. The van der Waals surface area contributed by atoms with Crippen molar-refractivity contribution in [1.29, 1.82) is 0 Å². The van der Waals surface area contributed by atoms with Gasteiger partial charge in [0, 0.05) is 4.47 Å². The van der Waals surface area contributed by atoms with Crippen molar-refractivity contribution >= 4 is 39.1 Å². The molecule has 80 valence electrons. The number of carbonyl (C=O) groups is 1. The summed E-state index contributed by atoms with van der Waals surface area (Å²) in [6.07, 6.45) is 0.175. The maximum Gasteiger partial charge on any atom is 0.265 e.